The van der Waals surface area contributed by atoms with Gasteiger partial charge in [0.25, 0.3) is 0 Å². The lowest BCUT2D eigenvalue weighted by Gasteiger charge is -2.17. The summed E-state index contributed by atoms with van der Waals surface area (Å²) in [4.78, 5) is 2.45. The van der Waals surface area contributed by atoms with Crippen LogP contribution in [0.25, 0.3) is 0 Å². The largest absolute Gasteiger partial charge is 0.316 e. The molecule has 0 unspecified atom stereocenters. The predicted octanol–water partition coefficient (Wildman–Crippen LogP) is 3.30. The predicted molar refractivity (Wildman–Crippen MR) is 78.5 cm³/mol. The summed E-state index contributed by atoms with van der Waals surface area (Å²) in [7, 11) is 0. The molecule has 0 aliphatic heterocycles. The highest BCUT2D eigenvalue weighted by atomic mass is 15.1. The second-order valence-corrected chi connectivity index (χ2v) is 5.19. The van der Waals surface area contributed by atoms with E-state index in [9.17, 15) is 0 Å². The van der Waals surface area contributed by atoms with Crippen molar-refractivity contribution in [2.45, 2.75) is 46.5 Å². The van der Waals surface area contributed by atoms with Crippen LogP contribution >= 0.6 is 0 Å². The van der Waals surface area contributed by atoms with Crippen molar-refractivity contribution in [2.24, 2.45) is 5.92 Å². The minimum Gasteiger partial charge on any atom is -0.316 e. The number of unbranched alkanes of at least 4 members (excludes halogenated alkanes) is 3. The molecule has 0 aromatic rings. The van der Waals surface area contributed by atoms with Gasteiger partial charge in [0.1, 0.15) is 0 Å². The summed E-state index contributed by atoms with van der Waals surface area (Å²) >= 11 is 0. The highest BCUT2D eigenvalue weighted by Gasteiger charge is 1.99. The van der Waals surface area contributed by atoms with Crippen LogP contribution in [0.1, 0.15) is 46.5 Å². The van der Waals surface area contributed by atoms with Crippen LogP contribution in [0.5, 0.6) is 0 Å². The van der Waals surface area contributed by atoms with Gasteiger partial charge in [0.05, 0.1) is 0 Å². The molecule has 17 heavy (non-hydrogen) atoms. The molecular weight excluding hydrogens is 208 g/mol. The summed E-state index contributed by atoms with van der Waals surface area (Å²) < 4.78 is 0. The summed E-state index contributed by atoms with van der Waals surface area (Å²) in [5.74, 6) is 0.770. The van der Waals surface area contributed by atoms with E-state index >= 15 is 0 Å². The van der Waals surface area contributed by atoms with Crippen LogP contribution in [-0.4, -0.2) is 37.6 Å². The number of hydrogen-bond donors (Lipinski definition) is 1. The lowest BCUT2D eigenvalue weighted by atomic mass is 10.1. The van der Waals surface area contributed by atoms with E-state index < -0.39 is 0 Å². The number of nitrogens with zero attached hydrogens (tertiary/aromatic N) is 1. The lowest BCUT2D eigenvalue weighted by Crippen LogP contribution is -2.24. The van der Waals surface area contributed by atoms with Crippen LogP contribution in [0.2, 0.25) is 0 Å². The van der Waals surface area contributed by atoms with Gasteiger partial charge >= 0.3 is 0 Å². The molecule has 2 heteroatoms. The molecule has 102 valence electrons. The molecule has 0 atom stereocenters. The molecule has 0 saturated carbocycles. The SMILES string of the molecule is C=CCN(CC)CCCCCCNCC(C)C. The Labute approximate surface area is 108 Å². The van der Waals surface area contributed by atoms with E-state index in [1.54, 1.807) is 0 Å². The Morgan fingerprint density at radius 1 is 1.18 bits per heavy atom. The van der Waals surface area contributed by atoms with Crippen molar-refractivity contribution in [3.05, 3.63) is 12.7 Å². The molecule has 0 aliphatic carbocycles. The first-order chi connectivity index (χ1) is 8.20. The molecule has 2 nitrogen and oxygen atoms in total. The van der Waals surface area contributed by atoms with Crippen LogP contribution in [0.15, 0.2) is 12.7 Å². The zero-order chi connectivity index (χ0) is 12.9. The van der Waals surface area contributed by atoms with E-state index in [1.807, 2.05) is 6.08 Å². The summed E-state index contributed by atoms with van der Waals surface area (Å²) in [5, 5.41) is 3.49. The molecule has 0 saturated heterocycles. The minimum absolute atomic E-state index is 0.770. The first kappa shape index (κ1) is 16.7. The van der Waals surface area contributed by atoms with E-state index in [2.05, 4.69) is 37.6 Å². The van der Waals surface area contributed by atoms with E-state index in [-0.39, 0.29) is 0 Å². The number of rotatable bonds is 12. The molecule has 0 heterocycles. The zero-order valence-corrected chi connectivity index (χ0v) is 12.2. The van der Waals surface area contributed by atoms with Gasteiger partial charge in [-0.25, -0.2) is 0 Å². The van der Waals surface area contributed by atoms with E-state index in [0.29, 0.717) is 0 Å². The molecule has 0 amide bonds. The smallest absolute Gasteiger partial charge is 0.0160 e. The molecular formula is C15H32N2. The highest BCUT2D eigenvalue weighted by molar-refractivity contribution is 4.72. The minimum atomic E-state index is 0.770. The monoisotopic (exact) mass is 240 g/mol. The van der Waals surface area contributed by atoms with Gasteiger partial charge < -0.3 is 5.32 Å². The van der Waals surface area contributed by atoms with Gasteiger partial charge in [0.2, 0.25) is 0 Å². The summed E-state index contributed by atoms with van der Waals surface area (Å²) in [6.07, 6.45) is 7.36. The van der Waals surface area contributed by atoms with E-state index in [1.165, 1.54) is 38.8 Å². The van der Waals surface area contributed by atoms with Crippen molar-refractivity contribution in [1.82, 2.24) is 10.2 Å². The quantitative estimate of drug-likeness (QED) is 0.416. The van der Waals surface area contributed by atoms with Gasteiger partial charge in [0.15, 0.2) is 0 Å². The average molecular weight is 240 g/mol. The maximum absolute atomic E-state index is 3.79. The second-order valence-electron chi connectivity index (χ2n) is 5.19. The van der Waals surface area contributed by atoms with Gasteiger partial charge in [-0.05, 0) is 44.9 Å². The fraction of sp³-hybridized carbons (Fsp3) is 0.867. The van der Waals surface area contributed by atoms with Gasteiger partial charge in [-0.3, -0.25) is 4.90 Å². The Kier molecular flexibility index (Phi) is 11.9. The van der Waals surface area contributed by atoms with Gasteiger partial charge in [-0.15, -0.1) is 6.58 Å². The Balaban J connectivity index is 3.19. The van der Waals surface area contributed by atoms with Crippen molar-refractivity contribution in [3.8, 4) is 0 Å². The van der Waals surface area contributed by atoms with Crippen LogP contribution in [0.3, 0.4) is 0 Å². The fourth-order valence-corrected chi connectivity index (χ4v) is 1.89. The summed E-state index contributed by atoms with van der Waals surface area (Å²) in [6.45, 7) is 16.3. The Bertz CT molecular complexity index is 166. The van der Waals surface area contributed by atoms with Crippen molar-refractivity contribution in [3.63, 3.8) is 0 Å². The zero-order valence-electron chi connectivity index (χ0n) is 12.2. The van der Waals surface area contributed by atoms with Crippen LogP contribution in [0, 0.1) is 5.92 Å². The Morgan fingerprint density at radius 3 is 2.47 bits per heavy atom. The molecule has 0 bridgehead atoms. The van der Waals surface area contributed by atoms with Crippen LogP contribution < -0.4 is 5.32 Å². The number of hydrogen-bond acceptors (Lipinski definition) is 2. The molecule has 0 aromatic carbocycles. The molecule has 1 N–H and O–H groups in total. The first-order valence-corrected chi connectivity index (χ1v) is 7.24. The first-order valence-electron chi connectivity index (χ1n) is 7.24. The molecule has 0 aromatic heterocycles. The standard InChI is InChI=1S/C15H32N2/c1-5-12-17(6-2)13-10-8-7-9-11-16-14-15(3)4/h5,15-16H,1,6-14H2,2-4H3. The number of nitrogens with one attached hydrogen (secondary N) is 1. The Morgan fingerprint density at radius 2 is 1.88 bits per heavy atom. The maximum Gasteiger partial charge on any atom is 0.0160 e. The maximum atomic E-state index is 3.79. The van der Waals surface area contributed by atoms with Gasteiger partial charge in [-0.2, -0.15) is 0 Å². The van der Waals surface area contributed by atoms with Crippen molar-refractivity contribution in [2.75, 3.05) is 32.7 Å². The van der Waals surface area contributed by atoms with Crippen LogP contribution in [-0.2, 0) is 0 Å². The van der Waals surface area contributed by atoms with Crippen LogP contribution in [0.4, 0.5) is 0 Å². The highest BCUT2D eigenvalue weighted by Crippen LogP contribution is 2.01. The Hall–Kier alpha value is -0.340. The molecule has 0 aliphatic rings. The lowest BCUT2D eigenvalue weighted by molar-refractivity contribution is 0.309. The molecule has 0 rings (SSSR count). The average Bonchev–Trinajstić information content (AvgIpc) is 2.30. The summed E-state index contributed by atoms with van der Waals surface area (Å²) in [5.41, 5.74) is 0. The third kappa shape index (κ3) is 11.9. The fourth-order valence-electron chi connectivity index (χ4n) is 1.89. The number of likely N-dealkylation sites (N-methyl/N-ethyl adjacent to an activating group) is 1. The van der Waals surface area contributed by atoms with E-state index in [0.717, 1.165) is 25.6 Å². The van der Waals surface area contributed by atoms with E-state index in [4.69, 9.17) is 0 Å². The van der Waals surface area contributed by atoms with Gasteiger partial charge in [0, 0.05) is 6.54 Å². The summed E-state index contributed by atoms with van der Waals surface area (Å²) in [6, 6.07) is 0. The molecule has 0 fully saturated rings. The van der Waals surface area contributed by atoms with Gasteiger partial charge in [-0.1, -0.05) is 39.7 Å². The normalized spacial score (nSPS) is 11.4. The third-order valence-electron chi connectivity index (χ3n) is 2.96. The van der Waals surface area contributed by atoms with Crippen molar-refractivity contribution < 1.29 is 0 Å². The third-order valence-corrected chi connectivity index (χ3v) is 2.96. The topological polar surface area (TPSA) is 15.3 Å². The second kappa shape index (κ2) is 12.1. The molecule has 0 spiro atoms. The molecule has 0 radical (unpaired) electrons. The van der Waals surface area contributed by atoms with Crippen molar-refractivity contribution in [1.29, 1.82) is 0 Å². The van der Waals surface area contributed by atoms with Crippen molar-refractivity contribution >= 4 is 0 Å².